The van der Waals surface area contributed by atoms with E-state index in [0.717, 1.165) is 24.1 Å². The molecule has 8 heteroatoms. The van der Waals surface area contributed by atoms with Gasteiger partial charge in [0, 0.05) is 26.2 Å². The maximum absolute atomic E-state index is 12.6. The zero-order valence-electron chi connectivity index (χ0n) is 13.3. The van der Waals surface area contributed by atoms with E-state index in [1.165, 1.54) is 10.6 Å². The summed E-state index contributed by atoms with van der Waals surface area (Å²) in [6.07, 6.45) is 4.98. The number of hydrogen-bond acceptors (Lipinski definition) is 4. The fourth-order valence-corrected chi connectivity index (χ4v) is 4.36. The quantitative estimate of drug-likeness (QED) is 0.832. The highest BCUT2D eigenvalue weighted by Crippen LogP contribution is 2.26. The van der Waals surface area contributed by atoms with Crippen LogP contribution in [0.2, 0.25) is 0 Å². The summed E-state index contributed by atoms with van der Waals surface area (Å²) < 4.78 is 29.9. The minimum absolute atomic E-state index is 0.231. The van der Waals surface area contributed by atoms with Crippen molar-refractivity contribution < 1.29 is 8.42 Å². The van der Waals surface area contributed by atoms with Gasteiger partial charge < -0.3 is 0 Å². The van der Waals surface area contributed by atoms with Crippen LogP contribution in [0.3, 0.4) is 0 Å². The van der Waals surface area contributed by atoms with Crippen molar-refractivity contribution in [3.8, 4) is 5.69 Å². The Morgan fingerprint density at radius 2 is 1.83 bits per heavy atom. The Balaban J connectivity index is 1.78. The first-order valence-corrected chi connectivity index (χ1v) is 9.08. The lowest BCUT2D eigenvalue weighted by Crippen LogP contribution is -2.41. The average molecular weight is 335 g/mol. The van der Waals surface area contributed by atoms with E-state index in [9.17, 15) is 8.42 Å². The zero-order chi connectivity index (χ0) is 16.4. The molecule has 2 heterocycles. The van der Waals surface area contributed by atoms with Gasteiger partial charge in [0.25, 0.3) is 10.2 Å². The van der Waals surface area contributed by atoms with Crippen molar-refractivity contribution in [2.24, 2.45) is 0 Å². The predicted molar refractivity (Wildman–Crippen MR) is 87.3 cm³/mol. The second-order valence-electron chi connectivity index (χ2n) is 5.74. The monoisotopic (exact) mass is 335 g/mol. The van der Waals surface area contributed by atoms with Gasteiger partial charge in [0.15, 0.2) is 0 Å². The molecule has 0 N–H and O–H groups in total. The number of nitrogens with zero attached hydrogens (tertiary/aromatic N) is 5. The molecule has 3 rings (SSSR count). The summed E-state index contributed by atoms with van der Waals surface area (Å²) in [6.45, 7) is 3.13. The molecule has 1 saturated heterocycles. The molecule has 0 aliphatic carbocycles. The normalized spacial score (nSPS) is 17.7. The van der Waals surface area contributed by atoms with Crippen LogP contribution >= 0.6 is 0 Å². The van der Waals surface area contributed by atoms with E-state index < -0.39 is 10.2 Å². The summed E-state index contributed by atoms with van der Waals surface area (Å²) in [6, 6.07) is 7.45. The van der Waals surface area contributed by atoms with Crippen molar-refractivity contribution in [3.63, 3.8) is 0 Å². The molecule has 124 valence electrons. The first-order chi connectivity index (χ1) is 11.0. The van der Waals surface area contributed by atoms with Crippen LogP contribution in [0.25, 0.3) is 5.69 Å². The molecule has 1 fully saturated rings. The lowest BCUT2D eigenvalue weighted by molar-refractivity contribution is 0.350. The van der Waals surface area contributed by atoms with E-state index in [-0.39, 0.29) is 6.04 Å². The van der Waals surface area contributed by atoms with Crippen LogP contribution in [0.1, 0.15) is 31.4 Å². The molecule has 0 saturated carbocycles. The average Bonchev–Trinajstić information content (AvgIpc) is 3.26. The van der Waals surface area contributed by atoms with Crippen molar-refractivity contribution in [3.05, 3.63) is 42.5 Å². The van der Waals surface area contributed by atoms with E-state index in [2.05, 4.69) is 10.1 Å². The Morgan fingerprint density at radius 1 is 1.17 bits per heavy atom. The Bertz CT molecular complexity index is 737. The zero-order valence-corrected chi connectivity index (χ0v) is 14.1. The molecule has 1 aliphatic heterocycles. The van der Waals surface area contributed by atoms with E-state index in [1.54, 1.807) is 22.4 Å². The lowest BCUT2D eigenvalue weighted by Gasteiger charge is -2.29. The van der Waals surface area contributed by atoms with E-state index in [0.29, 0.717) is 13.1 Å². The van der Waals surface area contributed by atoms with Crippen LogP contribution in [0.4, 0.5) is 0 Å². The highest BCUT2D eigenvalue weighted by atomic mass is 32.2. The van der Waals surface area contributed by atoms with Gasteiger partial charge in [-0.05, 0) is 37.5 Å². The highest BCUT2D eigenvalue weighted by molar-refractivity contribution is 7.86. The van der Waals surface area contributed by atoms with Crippen LogP contribution < -0.4 is 0 Å². The standard InChI is InChI=1S/C15H21N5O2S/c1-13(18(2)23(21,22)19-9-3-4-10-19)14-5-7-15(8-6-14)20-12-16-11-17-20/h5-8,11-13H,3-4,9-10H2,1-2H3. The summed E-state index contributed by atoms with van der Waals surface area (Å²) in [4.78, 5) is 3.92. The van der Waals surface area contributed by atoms with Gasteiger partial charge in [-0.1, -0.05) is 12.1 Å². The summed E-state index contributed by atoms with van der Waals surface area (Å²) in [5.74, 6) is 0. The lowest BCUT2D eigenvalue weighted by atomic mass is 10.1. The second kappa shape index (κ2) is 6.38. The molecule has 1 atom stereocenters. The van der Waals surface area contributed by atoms with Crippen molar-refractivity contribution in [1.82, 2.24) is 23.4 Å². The predicted octanol–water partition coefficient (Wildman–Crippen LogP) is 1.60. The molecule has 2 aromatic rings. The fraction of sp³-hybridized carbons (Fsp3) is 0.467. The SMILES string of the molecule is CC(c1ccc(-n2cncn2)cc1)N(C)S(=O)(=O)N1CCCC1. The van der Waals surface area contributed by atoms with E-state index in [4.69, 9.17) is 0 Å². The van der Waals surface area contributed by atoms with Crippen LogP contribution in [0.15, 0.2) is 36.9 Å². The third-order valence-electron chi connectivity index (χ3n) is 4.36. The number of benzene rings is 1. The number of hydrogen-bond donors (Lipinski definition) is 0. The van der Waals surface area contributed by atoms with Gasteiger partial charge in [0.05, 0.1) is 5.69 Å². The molecule has 1 unspecified atom stereocenters. The Morgan fingerprint density at radius 3 is 2.39 bits per heavy atom. The van der Waals surface area contributed by atoms with Gasteiger partial charge in [0.2, 0.25) is 0 Å². The third kappa shape index (κ3) is 3.15. The van der Waals surface area contributed by atoms with Gasteiger partial charge in [-0.2, -0.15) is 22.1 Å². The molecule has 7 nitrogen and oxygen atoms in total. The van der Waals surface area contributed by atoms with Crippen LogP contribution in [-0.4, -0.2) is 51.9 Å². The van der Waals surface area contributed by atoms with E-state index >= 15 is 0 Å². The maximum Gasteiger partial charge on any atom is 0.282 e. The molecule has 0 amide bonds. The summed E-state index contributed by atoms with van der Waals surface area (Å²) in [5, 5.41) is 4.08. The van der Waals surface area contributed by atoms with Crippen LogP contribution in [0.5, 0.6) is 0 Å². The molecule has 0 bridgehead atoms. The minimum atomic E-state index is -3.40. The van der Waals surface area contributed by atoms with Gasteiger partial charge in [-0.3, -0.25) is 0 Å². The summed E-state index contributed by atoms with van der Waals surface area (Å²) in [5.41, 5.74) is 1.84. The molecule has 0 spiro atoms. The van der Waals surface area contributed by atoms with Crippen LogP contribution in [0, 0.1) is 0 Å². The van der Waals surface area contributed by atoms with Crippen molar-refractivity contribution in [1.29, 1.82) is 0 Å². The molecular formula is C15H21N5O2S. The molecule has 1 aliphatic rings. The second-order valence-corrected chi connectivity index (χ2v) is 7.73. The van der Waals surface area contributed by atoms with Gasteiger partial charge in [-0.15, -0.1) is 0 Å². The van der Waals surface area contributed by atoms with E-state index in [1.807, 2.05) is 31.2 Å². The van der Waals surface area contributed by atoms with Gasteiger partial charge in [0.1, 0.15) is 12.7 Å². The Kier molecular flexibility index (Phi) is 4.47. The third-order valence-corrected chi connectivity index (χ3v) is 6.42. The topological polar surface area (TPSA) is 71.3 Å². The van der Waals surface area contributed by atoms with Gasteiger partial charge >= 0.3 is 0 Å². The first kappa shape index (κ1) is 16.1. The Hall–Kier alpha value is -1.77. The smallest absolute Gasteiger partial charge is 0.223 e. The first-order valence-electron chi connectivity index (χ1n) is 7.68. The number of rotatable bonds is 5. The van der Waals surface area contributed by atoms with Crippen molar-refractivity contribution >= 4 is 10.2 Å². The van der Waals surface area contributed by atoms with Crippen molar-refractivity contribution in [2.45, 2.75) is 25.8 Å². The minimum Gasteiger partial charge on any atom is -0.223 e. The molecule has 1 aromatic heterocycles. The maximum atomic E-state index is 12.6. The molecule has 0 radical (unpaired) electrons. The number of aromatic nitrogens is 3. The summed E-state index contributed by atoms with van der Waals surface area (Å²) in [7, 11) is -1.76. The largest absolute Gasteiger partial charge is 0.282 e. The fourth-order valence-electron chi connectivity index (χ4n) is 2.76. The highest BCUT2D eigenvalue weighted by Gasteiger charge is 2.32. The molecule has 23 heavy (non-hydrogen) atoms. The van der Waals surface area contributed by atoms with Gasteiger partial charge in [-0.25, -0.2) is 9.67 Å². The molecule has 1 aromatic carbocycles. The Labute approximate surface area is 136 Å². The summed E-state index contributed by atoms with van der Waals surface area (Å²) >= 11 is 0. The van der Waals surface area contributed by atoms with Crippen LogP contribution in [-0.2, 0) is 10.2 Å². The van der Waals surface area contributed by atoms with Crippen molar-refractivity contribution in [2.75, 3.05) is 20.1 Å². The molecular weight excluding hydrogens is 314 g/mol.